The molecule has 0 heterocycles. The van der Waals surface area contributed by atoms with Crippen molar-refractivity contribution in [2.75, 3.05) is 0 Å². The normalized spacial score (nSPS) is 19.0. The molecule has 1 nitrogen and oxygen atoms in total. The fourth-order valence-electron chi connectivity index (χ4n) is 2.50. The summed E-state index contributed by atoms with van der Waals surface area (Å²) in [6.07, 6.45) is 8.10. The molecule has 1 fully saturated rings. The first kappa shape index (κ1) is 13.5. The lowest BCUT2D eigenvalue weighted by Gasteiger charge is -2.26. The minimum absolute atomic E-state index is 0.141. The van der Waals surface area contributed by atoms with Gasteiger partial charge in [0.25, 0.3) is 0 Å². The third-order valence-electron chi connectivity index (χ3n) is 3.67. The molecule has 0 aliphatic heterocycles. The molecule has 16 heavy (non-hydrogen) atoms. The molecule has 1 heteroatoms. The van der Waals surface area contributed by atoms with Crippen molar-refractivity contribution in [3.8, 4) is 0 Å². The molecular weight excluding hydrogens is 196 g/mol. The minimum atomic E-state index is -0.141. The summed E-state index contributed by atoms with van der Waals surface area (Å²) in [6, 6.07) is 0. The maximum atomic E-state index is 10.2. The van der Waals surface area contributed by atoms with Crippen LogP contribution in [0.4, 0.5) is 0 Å². The van der Waals surface area contributed by atoms with Gasteiger partial charge in [0.2, 0.25) is 0 Å². The van der Waals surface area contributed by atoms with Gasteiger partial charge in [0.15, 0.2) is 0 Å². The average Bonchev–Trinajstić information content (AvgIpc) is 2.29. The molecule has 0 aromatic heterocycles. The van der Waals surface area contributed by atoms with Crippen molar-refractivity contribution in [2.24, 2.45) is 5.92 Å². The lowest BCUT2D eigenvalue weighted by atomic mass is 9.83. The van der Waals surface area contributed by atoms with Gasteiger partial charge in [-0.1, -0.05) is 26.2 Å². The van der Waals surface area contributed by atoms with E-state index in [1.54, 1.807) is 0 Å². The number of aliphatic hydroxyl groups excluding tert-OH is 1. The Morgan fingerprint density at radius 3 is 2.38 bits per heavy atom. The summed E-state index contributed by atoms with van der Waals surface area (Å²) >= 11 is 0. The van der Waals surface area contributed by atoms with E-state index in [2.05, 4.69) is 26.5 Å². The molecule has 1 saturated carbocycles. The maximum absolute atomic E-state index is 10.2. The summed E-state index contributed by atoms with van der Waals surface area (Å²) in [7, 11) is 0. The summed E-state index contributed by atoms with van der Waals surface area (Å²) < 4.78 is 0. The van der Waals surface area contributed by atoms with Gasteiger partial charge in [0, 0.05) is 6.42 Å². The van der Waals surface area contributed by atoms with E-state index in [1.165, 1.54) is 43.3 Å². The van der Waals surface area contributed by atoms with Crippen molar-refractivity contribution in [2.45, 2.75) is 71.8 Å². The van der Waals surface area contributed by atoms with Gasteiger partial charge in [-0.15, -0.1) is 5.73 Å². The first-order valence-corrected chi connectivity index (χ1v) is 6.73. The highest BCUT2D eigenvalue weighted by atomic mass is 16.3. The zero-order valence-electron chi connectivity index (χ0n) is 11.1. The topological polar surface area (TPSA) is 20.2 Å². The second-order valence-corrected chi connectivity index (χ2v) is 5.21. The van der Waals surface area contributed by atoms with Crippen LogP contribution in [0.1, 0.15) is 65.7 Å². The SMILES string of the molecule is CCC(C)=C=C(C)C[C@H](O)C1CCCCC1. The molecule has 0 saturated heterocycles. The summed E-state index contributed by atoms with van der Waals surface area (Å²) in [6.45, 7) is 6.34. The van der Waals surface area contributed by atoms with Gasteiger partial charge in [0.05, 0.1) is 6.10 Å². The second kappa shape index (κ2) is 6.93. The molecule has 0 unspecified atom stereocenters. The molecule has 0 aromatic carbocycles. The number of hydrogen-bond acceptors (Lipinski definition) is 1. The predicted octanol–water partition coefficient (Wildman–Crippen LogP) is 4.22. The third-order valence-corrected chi connectivity index (χ3v) is 3.67. The Balaban J connectivity index is 2.49. The Morgan fingerprint density at radius 2 is 1.81 bits per heavy atom. The van der Waals surface area contributed by atoms with Gasteiger partial charge < -0.3 is 5.11 Å². The molecule has 1 rings (SSSR count). The Hall–Kier alpha value is -0.520. The zero-order valence-corrected chi connectivity index (χ0v) is 11.1. The van der Waals surface area contributed by atoms with Crippen molar-refractivity contribution in [1.82, 2.24) is 0 Å². The van der Waals surface area contributed by atoms with E-state index in [0.717, 1.165) is 12.8 Å². The van der Waals surface area contributed by atoms with Crippen LogP contribution in [0.25, 0.3) is 0 Å². The van der Waals surface area contributed by atoms with Crippen LogP contribution >= 0.6 is 0 Å². The van der Waals surface area contributed by atoms with Gasteiger partial charge >= 0.3 is 0 Å². The van der Waals surface area contributed by atoms with Gasteiger partial charge in [-0.05, 0) is 50.2 Å². The van der Waals surface area contributed by atoms with Crippen LogP contribution in [0.2, 0.25) is 0 Å². The highest BCUT2D eigenvalue weighted by molar-refractivity contribution is 5.06. The fourth-order valence-corrected chi connectivity index (χ4v) is 2.50. The van der Waals surface area contributed by atoms with Gasteiger partial charge in [0.1, 0.15) is 0 Å². The summed E-state index contributed by atoms with van der Waals surface area (Å²) in [5.74, 6) is 0.535. The number of hydrogen-bond donors (Lipinski definition) is 1. The molecule has 92 valence electrons. The van der Waals surface area contributed by atoms with Crippen LogP contribution in [0.5, 0.6) is 0 Å². The first-order chi connectivity index (χ1) is 7.63. The van der Waals surface area contributed by atoms with Crippen LogP contribution in [0, 0.1) is 5.92 Å². The molecule has 0 amide bonds. The molecule has 0 aromatic rings. The first-order valence-electron chi connectivity index (χ1n) is 6.73. The lowest BCUT2D eigenvalue weighted by molar-refractivity contribution is 0.0851. The Labute approximate surface area is 100 Å². The van der Waals surface area contributed by atoms with Gasteiger partial charge in [-0.2, -0.15) is 0 Å². The molecule has 0 spiro atoms. The second-order valence-electron chi connectivity index (χ2n) is 5.21. The van der Waals surface area contributed by atoms with E-state index in [1.807, 2.05) is 0 Å². The van der Waals surface area contributed by atoms with Crippen LogP contribution < -0.4 is 0 Å². The highest BCUT2D eigenvalue weighted by Crippen LogP contribution is 2.28. The quantitative estimate of drug-likeness (QED) is 0.706. The van der Waals surface area contributed by atoms with Gasteiger partial charge in [-0.25, -0.2) is 0 Å². The predicted molar refractivity (Wildman–Crippen MR) is 69.4 cm³/mol. The molecule has 1 N–H and O–H groups in total. The Morgan fingerprint density at radius 1 is 1.19 bits per heavy atom. The van der Waals surface area contributed by atoms with Crippen molar-refractivity contribution >= 4 is 0 Å². The monoisotopic (exact) mass is 222 g/mol. The Bertz CT molecular complexity index is 265. The molecule has 1 aliphatic carbocycles. The highest BCUT2D eigenvalue weighted by Gasteiger charge is 2.21. The fraction of sp³-hybridized carbons (Fsp3) is 0.800. The molecule has 0 bridgehead atoms. The van der Waals surface area contributed by atoms with Gasteiger partial charge in [-0.3, -0.25) is 0 Å². The van der Waals surface area contributed by atoms with E-state index in [9.17, 15) is 5.11 Å². The number of aliphatic hydroxyl groups is 1. The average molecular weight is 222 g/mol. The van der Waals surface area contributed by atoms with E-state index < -0.39 is 0 Å². The van der Waals surface area contributed by atoms with Crippen LogP contribution in [-0.2, 0) is 0 Å². The van der Waals surface area contributed by atoms with Crippen molar-refractivity contribution in [1.29, 1.82) is 0 Å². The van der Waals surface area contributed by atoms with Crippen molar-refractivity contribution in [3.63, 3.8) is 0 Å². The molecule has 1 atom stereocenters. The van der Waals surface area contributed by atoms with E-state index in [0.29, 0.717) is 5.92 Å². The van der Waals surface area contributed by atoms with E-state index >= 15 is 0 Å². The molecule has 0 radical (unpaired) electrons. The maximum Gasteiger partial charge on any atom is 0.0611 e. The largest absolute Gasteiger partial charge is 0.392 e. The summed E-state index contributed by atoms with van der Waals surface area (Å²) in [4.78, 5) is 0. The standard InChI is InChI=1S/C15H26O/c1-4-12(2)10-13(3)11-15(16)14-8-6-5-7-9-14/h14-16H,4-9,11H2,1-3H3/t10?,15-/m0/s1. The van der Waals surface area contributed by atoms with Crippen LogP contribution in [0.15, 0.2) is 16.9 Å². The smallest absolute Gasteiger partial charge is 0.0611 e. The van der Waals surface area contributed by atoms with Crippen LogP contribution in [0.3, 0.4) is 0 Å². The van der Waals surface area contributed by atoms with E-state index in [-0.39, 0.29) is 6.10 Å². The summed E-state index contributed by atoms with van der Waals surface area (Å²) in [5.41, 5.74) is 5.86. The zero-order chi connectivity index (χ0) is 12.0. The third kappa shape index (κ3) is 4.55. The molecule has 1 aliphatic rings. The van der Waals surface area contributed by atoms with Crippen LogP contribution in [-0.4, -0.2) is 11.2 Å². The summed E-state index contributed by atoms with van der Waals surface area (Å²) in [5, 5.41) is 10.2. The lowest BCUT2D eigenvalue weighted by Crippen LogP contribution is -2.22. The van der Waals surface area contributed by atoms with E-state index in [4.69, 9.17) is 0 Å². The van der Waals surface area contributed by atoms with Crippen molar-refractivity contribution < 1.29 is 5.11 Å². The molecular formula is C15H26O. The Kier molecular flexibility index (Phi) is 5.87. The number of rotatable bonds is 4. The van der Waals surface area contributed by atoms with Crippen molar-refractivity contribution in [3.05, 3.63) is 16.9 Å². The minimum Gasteiger partial charge on any atom is -0.392 e.